The van der Waals surface area contributed by atoms with E-state index >= 15 is 0 Å². The largest absolute Gasteiger partial charge is 0.308 e. The van der Waals surface area contributed by atoms with Gasteiger partial charge in [0.05, 0.1) is 22.4 Å². The number of hydrogen-bond donors (Lipinski definition) is 1. The number of rotatable bonds is 2. The number of nitrogens with zero attached hydrogens (tertiary/aromatic N) is 4. The van der Waals surface area contributed by atoms with Crippen molar-refractivity contribution < 1.29 is 4.79 Å². The van der Waals surface area contributed by atoms with Crippen LogP contribution in [0, 0.1) is 13.8 Å². The number of thioether (sulfide) groups is 1. The summed E-state index contributed by atoms with van der Waals surface area (Å²) in [6.07, 6.45) is 1.77. The fourth-order valence-corrected chi connectivity index (χ4v) is 5.00. The van der Waals surface area contributed by atoms with Gasteiger partial charge >= 0.3 is 0 Å². The Hall–Kier alpha value is -2.06. The molecule has 6 nitrogen and oxygen atoms in total. The van der Waals surface area contributed by atoms with Crippen LogP contribution in [0.5, 0.6) is 0 Å². The first-order chi connectivity index (χ1) is 12.5. The number of fused-ring (bicyclic) bond motifs is 1. The first-order valence-corrected chi connectivity index (χ1v) is 10.0. The van der Waals surface area contributed by atoms with Crippen molar-refractivity contribution in [3.63, 3.8) is 0 Å². The second kappa shape index (κ2) is 6.59. The Labute approximate surface area is 164 Å². The van der Waals surface area contributed by atoms with E-state index in [1.165, 1.54) is 0 Å². The summed E-state index contributed by atoms with van der Waals surface area (Å²) in [5.74, 6) is 0.970. The summed E-state index contributed by atoms with van der Waals surface area (Å²) in [4.78, 5) is 16.7. The Morgan fingerprint density at radius 2 is 2.15 bits per heavy atom. The van der Waals surface area contributed by atoms with Crippen LogP contribution in [0.4, 0.5) is 5.82 Å². The minimum Gasteiger partial charge on any atom is -0.308 e. The third kappa shape index (κ3) is 2.87. The minimum absolute atomic E-state index is 0.0286. The van der Waals surface area contributed by atoms with Crippen molar-refractivity contribution in [2.45, 2.75) is 19.1 Å². The molecule has 8 heteroatoms. The highest BCUT2D eigenvalue weighted by Gasteiger charge is 2.32. The Morgan fingerprint density at radius 3 is 2.85 bits per heavy atom. The molecule has 3 heterocycles. The SMILES string of the molecule is Cc1nn(C)c(C)c1[C@@H]1SCC(=O)Nc2ncn(-c3cccc(Br)c3)c21. The van der Waals surface area contributed by atoms with E-state index in [1.54, 1.807) is 18.1 Å². The van der Waals surface area contributed by atoms with E-state index in [9.17, 15) is 4.79 Å². The van der Waals surface area contributed by atoms with Crippen molar-refractivity contribution in [3.8, 4) is 5.69 Å². The lowest BCUT2D eigenvalue weighted by atomic mass is 10.1. The number of anilines is 1. The van der Waals surface area contributed by atoms with Gasteiger partial charge in [0.25, 0.3) is 0 Å². The zero-order valence-corrected chi connectivity index (χ0v) is 17.1. The average Bonchev–Trinajstić information content (AvgIpc) is 3.06. The van der Waals surface area contributed by atoms with Crippen LogP contribution in [0.25, 0.3) is 5.69 Å². The molecule has 0 fully saturated rings. The second-order valence-electron chi connectivity index (χ2n) is 6.28. The zero-order valence-electron chi connectivity index (χ0n) is 14.7. The van der Waals surface area contributed by atoms with Crippen LogP contribution in [-0.4, -0.2) is 31.0 Å². The van der Waals surface area contributed by atoms with Crippen LogP contribution in [0.15, 0.2) is 35.1 Å². The highest BCUT2D eigenvalue weighted by Crippen LogP contribution is 2.44. The van der Waals surface area contributed by atoms with Crippen LogP contribution >= 0.6 is 27.7 Å². The van der Waals surface area contributed by atoms with Crippen LogP contribution in [0.2, 0.25) is 0 Å². The summed E-state index contributed by atoms with van der Waals surface area (Å²) in [6.45, 7) is 4.08. The van der Waals surface area contributed by atoms with E-state index in [1.807, 2.05) is 42.9 Å². The standard InChI is InChI=1S/C18H18BrN5OS/c1-10-15(11(2)23(3)22-10)17-16-18(21-14(25)8-26-17)20-9-24(16)13-6-4-5-12(19)7-13/h4-7,9,17H,8H2,1-3H3,(H,21,25)/t17-/m0/s1. The predicted molar refractivity (Wildman–Crippen MR) is 107 cm³/mol. The fourth-order valence-electron chi connectivity index (χ4n) is 3.33. The van der Waals surface area contributed by atoms with Gasteiger partial charge in [-0.25, -0.2) is 4.98 Å². The molecule has 2 aromatic heterocycles. The molecule has 0 radical (unpaired) electrons. The topological polar surface area (TPSA) is 64.7 Å². The van der Waals surface area contributed by atoms with E-state index in [-0.39, 0.29) is 11.2 Å². The lowest BCUT2D eigenvalue weighted by Gasteiger charge is -2.18. The van der Waals surface area contributed by atoms with Crippen LogP contribution in [0.1, 0.15) is 27.9 Å². The molecule has 0 unspecified atom stereocenters. The minimum atomic E-state index is -0.0301. The molecule has 1 N–H and O–H groups in total. The molecule has 26 heavy (non-hydrogen) atoms. The monoisotopic (exact) mass is 431 g/mol. The zero-order chi connectivity index (χ0) is 18.4. The molecule has 3 aromatic rings. The highest BCUT2D eigenvalue weighted by molar-refractivity contribution is 9.10. The van der Waals surface area contributed by atoms with Crippen LogP contribution in [-0.2, 0) is 11.8 Å². The van der Waals surface area contributed by atoms with Gasteiger partial charge in [-0.15, -0.1) is 11.8 Å². The number of imidazole rings is 1. The Morgan fingerprint density at radius 1 is 1.35 bits per heavy atom. The van der Waals surface area contributed by atoms with Crippen molar-refractivity contribution in [2.24, 2.45) is 7.05 Å². The quantitative estimate of drug-likeness (QED) is 0.670. The van der Waals surface area contributed by atoms with Gasteiger partial charge in [0.1, 0.15) is 6.33 Å². The van der Waals surface area contributed by atoms with Gasteiger partial charge in [0.2, 0.25) is 5.91 Å². The van der Waals surface area contributed by atoms with Gasteiger partial charge in [-0.2, -0.15) is 5.10 Å². The molecule has 1 aliphatic rings. The molecule has 0 saturated heterocycles. The molecule has 0 aliphatic carbocycles. The molecular weight excluding hydrogens is 414 g/mol. The molecule has 134 valence electrons. The van der Waals surface area contributed by atoms with Crippen molar-refractivity contribution >= 4 is 39.4 Å². The Bertz CT molecular complexity index is 1010. The highest BCUT2D eigenvalue weighted by atomic mass is 79.9. The van der Waals surface area contributed by atoms with Crippen molar-refractivity contribution in [2.75, 3.05) is 11.1 Å². The molecule has 0 bridgehead atoms. The number of halogens is 1. The Kier molecular flexibility index (Phi) is 4.40. The normalized spacial score (nSPS) is 16.9. The van der Waals surface area contributed by atoms with Gasteiger partial charge in [-0.05, 0) is 32.0 Å². The summed E-state index contributed by atoms with van der Waals surface area (Å²) in [5, 5.41) is 7.48. The summed E-state index contributed by atoms with van der Waals surface area (Å²) in [7, 11) is 1.95. The maximum absolute atomic E-state index is 12.2. The van der Waals surface area contributed by atoms with Gasteiger partial charge in [-0.1, -0.05) is 22.0 Å². The van der Waals surface area contributed by atoms with Crippen molar-refractivity contribution in [3.05, 3.63) is 57.7 Å². The number of amides is 1. The number of carbonyl (C=O) groups is 1. The molecule has 1 amide bonds. The third-order valence-electron chi connectivity index (χ3n) is 4.61. The maximum atomic E-state index is 12.2. The molecule has 0 spiro atoms. The lowest BCUT2D eigenvalue weighted by Crippen LogP contribution is -2.12. The summed E-state index contributed by atoms with van der Waals surface area (Å²) in [5.41, 5.74) is 5.19. The fraction of sp³-hybridized carbons (Fsp3) is 0.278. The first kappa shape index (κ1) is 17.4. The molecule has 0 saturated carbocycles. The molecular formula is C18H18BrN5OS. The van der Waals surface area contributed by atoms with Gasteiger partial charge < -0.3 is 5.32 Å². The number of carbonyl (C=O) groups excluding carboxylic acids is 1. The van der Waals surface area contributed by atoms with E-state index in [0.717, 1.165) is 32.8 Å². The number of aryl methyl sites for hydroxylation is 2. The lowest BCUT2D eigenvalue weighted by molar-refractivity contribution is -0.113. The molecule has 1 aliphatic heterocycles. The van der Waals surface area contributed by atoms with Crippen LogP contribution < -0.4 is 5.32 Å². The summed E-state index contributed by atoms with van der Waals surface area (Å²) in [6, 6.07) is 8.05. The number of benzene rings is 1. The third-order valence-corrected chi connectivity index (χ3v) is 6.32. The second-order valence-corrected chi connectivity index (χ2v) is 8.28. The van der Waals surface area contributed by atoms with E-state index in [0.29, 0.717) is 11.6 Å². The maximum Gasteiger partial charge on any atom is 0.235 e. The molecule has 4 rings (SSSR count). The predicted octanol–water partition coefficient (Wildman–Crippen LogP) is 3.76. The van der Waals surface area contributed by atoms with Crippen molar-refractivity contribution in [1.82, 2.24) is 19.3 Å². The molecule has 1 atom stereocenters. The number of hydrogen-bond acceptors (Lipinski definition) is 4. The number of nitrogens with one attached hydrogen (secondary N) is 1. The van der Waals surface area contributed by atoms with E-state index < -0.39 is 0 Å². The first-order valence-electron chi connectivity index (χ1n) is 8.20. The average molecular weight is 432 g/mol. The van der Waals surface area contributed by atoms with E-state index in [2.05, 4.69) is 42.8 Å². The van der Waals surface area contributed by atoms with E-state index in [4.69, 9.17) is 0 Å². The van der Waals surface area contributed by atoms with Crippen molar-refractivity contribution in [1.29, 1.82) is 0 Å². The Balaban J connectivity index is 1.94. The smallest absolute Gasteiger partial charge is 0.235 e. The summed E-state index contributed by atoms with van der Waals surface area (Å²) >= 11 is 5.14. The van der Waals surface area contributed by atoms with Gasteiger partial charge in [0, 0.05) is 28.5 Å². The number of aromatic nitrogens is 4. The van der Waals surface area contributed by atoms with Gasteiger partial charge in [0.15, 0.2) is 5.82 Å². The summed E-state index contributed by atoms with van der Waals surface area (Å²) < 4.78 is 4.94. The van der Waals surface area contributed by atoms with Gasteiger partial charge in [-0.3, -0.25) is 14.0 Å². The van der Waals surface area contributed by atoms with Crippen LogP contribution in [0.3, 0.4) is 0 Å². The molecule has 1 aromatic carbocycles.